The second-order valence-electron chi connectivity index (χ2n) is 6.42. The van der Waals surface area contributed by atoms with E-state index in [0.717, 1.165) is 22.6 Å². The molecule has 0 atom stereocenters. The molecule has 3 aromatic rings. The van der Waals surface area contributed by atoms with E-state index in [-0.39, 0.29) is 12.7 Å². The summed E-state index contributed by atoms with van der Waals surface area (Å²) in [6, 6.07) is 15.5. The van der Waals surface area contributed by atoms with Crippen molar-refractivity contribution in [3.8, 4) is 22.8 Å². The molecule has 4 rings (SSSR count). The summed E-state index contributed by atoms with van der Waals surface area (Å²) >= 11 is 0. The summed E-state index contributed by atoms with van der Waals surface area (Å²) in [6.07, 6.45) is 2.51. The average Bonchev–Trinajstić information content (AvgIpc) is 3.35. The summed E-state index contributed by atoms with van der Waals surface area (Å²) in [6.45, 7) is 0.755. The second kappa shape index (κ2) is 7.53. The third-order valence-corrected chi connectivity index (χ3v) is 4.45. The predicted octanol–water partition coefficient (Wildman–Crippen LogP) is 3.66. The number of hydrogen-bond acceptors (Lipinski definition) is 5. The number of carbonyl (C=O) groups excluding carboxylic acids is 1. The van der Waals surface area contributed by atoms with E-state index in [2.05, 4.69) is 4.98 Å². The van der Waals surface area contributed by atoms with E-state index in [9.17, 15) is 4.79 Å². The van der Waals surface area contributed by atoms with Crippen LogP contribution >= 0.6 is 0 Å². The molecule has 6 heteroatoms. The quantitative estimate of drug-likeness (QED) is 0.668. The van der Waals surface area contributed by atoms with Crippen molar-refractivity contribution in [1.82, 2.24) is 9.88 Å². The molecule has 2 aromatic carbocycles. The minimum Gasteiger partial charge on any atom is -0.454 e. The molecule has 0 radical (unpaired) electrons. The van der Waals surface area contributed by atoms with Crippen molar-refractivity contribution in [2.75, 3.05) is 13.8 Å². The largest absolute Gasteiger partial charge is 0.454 e. The van der Waals surface area contributed by atoms with E-state index >= 15 is 0 Å². The number of nitrogens with zero attached hydrogens (tertiary/aromatic N) is 2. The smallest absolute Gasteiger partial charge is 0.231 e. The Hall–Kier alpha value is -3.28. The summed E-state index contributed by atoms with van der Waals surface area (Å²) in [4.78, 5) is 18.4. The third kappa shape index (κ3) is 3.95. The molecule has 0 unspecified atom stereocenters. The van der Waals surface area contributed by atoms with Gasteiger partial charge in [0.05, 0.1) is 6.20 Å². The lowest BCUT2D eigenvalue weighted by Gasteiger charge is -2.17. The van der Waals surface area contributed by atoms with Crippen LogP contribution < -0.4 is 9.47 Å². The third-order valence-electron chi connectivity index (χ3n) is 4.45. The predicted molar refractivity (Wildman–Crippen MR) is 99.3 cm³/mol. The van der Waals surface area contributed by atoms with Gasteiger partial charge < -0.3 is 18.8 Å². The average molecular weight is 364 g/mol. The summed E-state index contributed by atoms with van der Waals surface area (Å²) in [5.74, 6) is 2.78. The monoisotopic (exact) mass is 364 g/mol. The molecule has 1 aliphatic rings. The van der Waals surface area contributed by atoms with Crippen molar-refractivity contribution in [2.24, 2.45) is 0 Å². The highest BCUT2D eigenvalue weighted by Gasteiger charge is 2.16. The number of rotatable bonds is 6. The molecule has 0 fully saturated rings. The van der Waals surface area contributed by atoms with Crippen LogP contribution in [-0.2, 0) is 17.8 Å². The van der Waals surface area contributed by atoms with Crippen molar-refractivity contribution >= 4 is 5.91 Å². The van der Waals surface area contributed by atoms with Gasteiger partial charge in [-0.3, -0.25) is 4.79 Å². The van der Waals surface area contributed by atoms with Gasteiger partial charge in [0, 0.05) is 32.0 Å². The van der Waals surface area contributed by atoms with Crippen LogP contribution in [0.1, 0.15) is 17.9 Å². The van der Waals surface area contributed by atoms with Gasteiger partial charge in [0.25, 0.3) is 0 Å². The van der Waals surface area contributed by atoms with Gasteiger partial charge in [-0.05, 0) is 17.7 Å². The number of amides is 1. The summed E-state index contributed by atoms with van der Waals surface area (Å²) in [5, 5.41) is 0. The molecular formula is C21H20N2O4. The summed E-state index contributed by atoms with van der Waals surface area (Å²) in [7, 11) is 1.79. The van der Waals surface area contributed by atoms with Crippen LogP contribution in [0.15, 0.2) is 59.1 Å². The Morgan fingerprint density at radius 2 is 1.93 bits per heavy atom. The Kier molecular flexibility index (Phi) is 4.78. The van der Waals surface area contributed by atoms with E-state index in [1.165, 1.54) is 0 Å². The molecule has 0 saturated carbocycles. The molecule has 0 bridgehead atoms. The van der Waals surface area contributed by atoms with Gasteiger partial charge in [0.2, 0.25) is 12.7 Å². The maximum atomic E-state index is 12.4. The molecule has 27 heavy (non-hydrogen) atoms. The van der Waals surface area contributed by atoms with Gasteiger partial charge in [0.1, 0.15) is 0 Å². The zero-order chi connectivity index (χ0) is 18.6. The Labute approximate surface area is 157 Å². The number of aromatic nitrogens is 1. The number of hydrogen-bond donors (Lipinski definition) is 0. The van der Waals surface area contributed by atoms with Crippen LogP contribution in [0.4, 0.5) is 0 Å². The fourth-order valence-corrected chi connectivity index (χ4v) is 2.97. The normalized spacial score (nSPS) is 12.2. The molecule has 6 nitrogen and oxygen atoms in total. The molecule has 0 aliphatic carbocycles. The number of carbonyl (C=O) groups is 1. The van der Waals surface area contributed by atoms with Gasteiger partial charge in [-0.15, -0.1) is 0 Å². The zero-order valence-electron chi connectivity index (χ0n) is 15.1. The SMILES string of the molecule is CN(Cc1ccc2c(c1)OCO2)C(=O)CCc1ncc(-c2ccccc2)o1. The first-order valence-corrected chi connectivity index (χ1v) is 8.81. The van der Waals surface area contributed by atoms with E-state index in [1.54, 1.807) is 18.1 Å². The lowest BCUT2D eigenvalue weighted by molar-refractivity contribution is -0.130. The highest BCUT2D eigenvalue weighted by Crippen LogP contribution is 2.32. The molecule has 0 spiro atoms. The van der Waals surface area contributed by atoms with E-state index < -0.39 is 0 Å². The van der Waals surface area contributed by atoms with Gasteiger partial charge in [-0.2, -0.15) is 0 Å². The minimum atomic E-state index is 0.0344. The van der Waals surface area contributed by atoms with Crippen LogP contribution in [0.5, 0.6) is 11.5 Å². The van der Waals surface area contributed by atoms with Crippen molar-refractivity contribution in [2.45, 2.75) is 19.4 Å². The first-order valence-electron chi connectivity index (χ1n) is 8.81. The summed E-state index contributed by atoms with van der Waals surface area (Å²) in [5.41, 5.74) is 1.97. The van der Waals surface area contributed by atoms with Crippen LogP contribution in [0.3, 0.4) is 0 Å². The van der Waals surface area contributed by atoms with E-state index in [4.69, 9.17) is 13.9 Å². The van der Waals surface area contributed by atoms with Crippen molar-refractivity contribution in [3.05, 3.63) is 66.2 Å². The minimum absolute atomic E-state index is 0.0344. The zero-order valence-corrected chi connectivity index (χ0v) is 15.1. The number of oxazole rings is 1. The molecule has 2 heterocycles. The van der Waals surface area contributed by atoms with Crippen LogP contribution in [0, 0.1) is 0 Å². The first kappa shape index (κ1) is 17.1. The molecule has 0 N–H and O–H groups in total. The fourth-order valence-electron chi connectivity index (χ4n) is 2.97. The van der Waals surface area contributed by atoms with Crippen LogP contribution in [0.2, 0.25) is 0 Å². The van der Waals surface area contributed by atoms with Gasteiger partial charge in [-0.1, -0.05) is 36.4 Å². The molecule has 1 aliphatic heterocycles. The van der Waals surface area contributed by atoms with Crippen molar-refractivity contribution in [3.63, 3.8) is 0 Å². The molecule has 138 valence electrons. The number of benzene rings is 2. The maximum absolute atomic E-state index is 12.4. The Balaban J connectivity index is 1.32. The first-order chi connectivity index (χ1) is 13.2. The lowest BCUT2D eigenvalue weighted by Crippen LogP contribution is -2.26. The lowest BCUT2D eigenvalue weighted by atomic mass is 10.2. The maximum Gasteiger partial charge on any atom is 0.231 e. The Morgan fingerprint density at radius 3 is 2.78 bits per heavy atom. The topological polar surface area (TPSA) is 64.8 Å². The van der Waals surface area contributed by atoms with Crippen molar-refractivity contribution < 1.29 is 18.7 Å². The molecule has 0 saturated heterocycles. The van der Waals surface area contributed by atoms with Crippen molar-refractivity contribution in [1.29, 1.82) is 0 Å². The molecular weight excluding hydrogens is 344 g/mol. The second-order valence-corrected chi connectivity index (χ2v) is 6.42. The van der Waals surface area contributed by atoms with Gasteiger partial charge in [0.15, 0.2) is 23.1 Å². The van der Waals surface area contributed by atoms with E-state index in [1.807, 2.05) is 48.5 Å². The van der Waals surface area contributed by atoms with E-state index in [0.29, 0.717) is 31.0 Å². The van der Waals surface area contributed by atoms with Crippen LogP contribution in [-0.4, -0.2) is 29.6 Å². The van der Waals surface area contributed by atoms with Gasteiger partial charge >= 0.3 is 0 Å². The fraction of sp³-hybridized carbons (Fsp3) is 0.238. The molecule has 1 amide bonds. The number of ether oxygens (including phenoxy) is 2. The van der Waals surface area contributed by atoms with Crippen LogP contribution in [0.25, 0.3) is 11.3 Å². The van der Waals surface area contributed by atoms with Gasteiger partial charge in [-0.25, -0.2) is 4.98 Å². The standard InChI is InChI=1S/C21H20N2O4/c1-23(13-15-7-8-17-18(11-15)26-14-25-17)21(24)10-9-20-22-12-19(27-20)16-5-3-2-4-6-16/h2-8,11-12H,9-10,13-14H2,1H3. The highest BCUT2D eigenvalue weighted by molar-refractivity contribution is 5.76. The number of aryl methyl sites for hydroxylation is 1. The molecule has 1 aromatic heterocycles. The highest BCUT2D eigenvalue weighted by atomic mass is 16.7. The summed E-state index contributed by atoms with van der Waals surface area (Å²) < 4.78 is 16.4. The number of fused-ring (bicyclic) bond motifs is 1. The Bertz CT molecular complexity index is 936. The Morgan fingerprint density at radius 1 is 1.11 bits per heavy atom.